The van der Waals surface area contributed by atoms with Crippen LogP contribution in [0.25, 0.3) is 0 Å². The van der Waals surface area contributed by atoms with Gasteiger partial charge in [0.25, 0.3) is 0 Å². The van der Waals surface area contributed by atoms with Crippen molar-refractivity contribution in [2.45, 2.75) is 12.3 Å². The minimum absolute atomic E-state index is 0.00833. The van der Waals surface area contributed by atoms with Crippen molar-refractivity contribution in [1.29, 1.82) is 0 Å². The molecule has 0 aliphatic heterocycles. The Morgan fingerprint density at radius 3 is 2.64 bits per heavy atom. The Bertz CT molecular complexity index is 198. The van der Waals surface area contributed by atoms with Crippen LogP contribution in [0.3, 0.4) is 0 Å². The van der Waals surface area contributed by atoms with Crippen molar-refractivity contribution in [2.75, 3.05) is 6.54 Å². The molecule has 1 atom stereocenters. The highest BCUT2D eigenvalue weighted by molar-refractivity contribution is 7.07. The molecule has 1 aromatic heterocycles. The first-order valence-electron chi connectivity index (χ1n) is 3.26. The maximum atomic E-state index is 12.2. The molecule has 1 unspecified atom stereocenters. The van der Waals surface area contributed by atoms with E-state index in [1.54, 1.807) is 16.8 Å². The molecule has 0 fully saturated rings. The summed E-state index contributed by atoms with van der Waals surface area (Å²) < 4.78 is 24.4. The van der Waals surface area contributed by atoms with Gasteiger partial charge >= 0.3 is 0 Å². The molecule has 1 nitrogen and oxygen atoms in total. The molecule has 0 bridgehead atoms. The number of thiophene rings is 1. The van der Waals surface area contributed by atoms with E-state index in [-0.39, 0.29) is 6.54 Å². The van der Waals surface area contributed by atoms with E-state index in [4.69, 9.17) is 5.73 Å². The van der Waals surface area contributed by atoms with Crippen LogP contribution in [0.15, 0.2) is 16.8 Å². The van der Waals surface area contributed by atoms with E-state index in [1.165, 1.54) is 11.3 Å². The van der Waals surface area contributed by atoms with Gasteiger partial charge in [0, 0.05) is 6.54 Å². The average molecular weight is 177 g/mol. The molecule has 2 N–H and O–H groups in total. The van der Waals surface area contributed by atoms with Gasteiger partial charge in [-0.05, 0) is 22.4 Å². The lowest BCUT2D eigenvalue weighted by molar-refractivity contribution is 0.117. The highest BCUT2D eigenvalue weighted by atomic mass is 32.1. The quantitative estimate of drug-likeness (QED) is 0.751. The molecule has 0 spiro atoms. The molecule has 1 aromatic rings. The summed E-state index contributed by atoms with van der Waals surface area (Å²) >= 11 is 1.41. The highest BCUT2D eigenvalue weighted by Crippen LogP contribution is 2.23. The van der Waals surface area contributed by atoms with Crippen LogP contribution in [0.1, 0.15) is 11.5 Å². The number of hydrogen-bond donors (Lipinski definition) is 1. The Hall–Kier alpha value is -0.480. The van der Waals surface area contributed by atoms with Gasteiger partial charge in [0.15, 0.2) is 0 Å². The van der Waals surface area contributed by atoms with E-state index in [0.717, 1.165) is 0 Å². The first-order chi connectivity index (χ1) is 5.25. The largest absolute Gasteiger partial charge is 0.330 e. The molecular weight excluding hydrogens is 168 g/mol. The van der Waals surface area contributed by atoms with Crippen LogP contribution in [-0.2, 0) is 0 Å². The molecule has 0 aromatic carbocycles. The molecule has 0 radical (unpaired) electrons. The summed E-state index contributed by atoms with van der Waals surface area (Å²) in [6.07, 6.45) is -2.35. The van der Waals surface area contributed by atoms with Gasteiger partial charge in [-0.1, -0.05) is 0 Å². The van der Waals surface area contributed by atoms with Gasteiger partial charge < -0.3 is 5.73 Å². The zero-order chi connectivity index (χ0) is 8.27. The monoisotopic (exact) mass is 177 g/mol. The zero-order valence-electron chi connectivity index (χ0n) is 5.84. The number of hydrogen-bond acceptors (Lipinski definition) is 2. The Morgan fingerprint density at radius 1 is 1.55 bits per heavy atom. The number of rotatable bonds is 3. The van der Waals surface area contributed by atoms with Gasteiger partial charge in [-0.2, -0.15) is 11.3 Å². The topological polar surface area (TPSA) is 26.0 Å². The molecule has 1 heterocycles. The molecule has 1 rings (SSSR count). The Labute approximate surface area is 67.8 Å². The smallest absolute Gasteiger partial charge is 0.246 e. The number of alkyl halides is 2. The minimum Gasteiger partial charge on any atom is -0.330 e. The average Bonchev–Trinajstić information content (AvgIpc) is 2.40. The van der Waals surface area contributed by atoms with Crippen LogP contribution in [0.2, 0.25) is 0 Å². The summed E-state index contributed by atoms with van der Waals surface area (Å²) in [5.41, 5.74) is 5.84. The van der Waals surface area contributed by atoms with E-state index in [9.17, 15) is 8.78 Å². The van der Waals surface area contributed by atoms with E-state index in [0.29, 0.717) is 5.56 Å². The molecule has 62 valence electrons. The normalized spacial score (nSPS) is 13.8. The minimum atomic E-state index is -2.35. The summed E-state index contributed by atoms with van der Waals surface area (Å²) in [6, 6.07) is 1.69. The van der Waals surface area contributed by atoms with Gasteiger partial charge in [-0.25, -0.2) is 8.78 Å². The van der Waals surface area contributed by atoms with Crippen LogP contribution < -0.4 is 5.73 Å². The summed E-state index contributed by atoms with van der Waals surface area (Å²) in [6.45, 7) is 0.00833. The van der Waals surface area contributed by atoms with E-state index >= 15 is 0 Å². The Morgan fingerprint density at radius 2 is 2.27 bits per heavy atom. The van der Waals surface area contributed by atoms with Crippen molar-refractivity contribution in [3.05, 3.63) is 22.4 Å². The summed E-state index contributed by atoms with van der Waals surface area (Å²) in [4.78, 5) is 0. The van der Waals surface area contributed by atoms with E-state index < -0.39 is 12.3 Å². The summed E-state index contributed by atoms with van der Waals surface area (Å²) in [7, 11) is 0. The van der Waals surface area contributed by atoms with E-state index in [1.807, 2.05) is 0 Å². The second-order valence-corrected chi connectivity index (χ2v) is 3.01. The molecular formula is C7H9F2NS. The zero-order valence-corrected chi connectivity index (χ0v) is 6.65. The summed E-state index contributed by atoms with van der Waals surface area (Å²) in [5.74, 6) is -0.791. The maximum absolute atomic E-state index is 12.2. The summed E-state index contributed by atoms with van der Waals surface area (Å²) in [5, 5.41) is 3.49. The van der Waals surface area contributed by atoms with Crippen molar-refractivity contribution in [2.24, 2.45) is 5.73 Å². The van der Waals surface area contributed by atoms with Gasteiger partial charge in [0.2, 0.25) is 6.43 Å². The SMILES string of the molecule is NCC(c1ccsc1)C(F)F. The third-order valence-electron chi connectivity index (χ3n) is 1.53. The van der Waals surface area contributed by atoms with Crippen molar-refractivity contribution in [1.82, 2.24) is 0 Å². The lowest BCUT2D eigenvalue weighted by Crippen LogP contribution is -2.18. The van der Waals surface area contributed by atoms with Gasteiger partial charge in [-0.3, -0.25) is 0 Å². The molecule has 11 heavy (non-hydrogen) atoms. The lowest BCUT2D eigenvalue weighted by Gasteiger charge is -2.10. The van der Waals surface area contributed by atoms with Crippen molar-refractivity contribution < 1.29 is 8.78 Å². The molecule has 0 saturated carbocycles. The van der Waals surface area contributed by atoms with Crippen molar-refractivity contribution >= 4 is 11.3 Å². The van der Waals surface area contributed by atoms with Crippen LogP contribution in [0.4, 0.5) is 8.78 Å². The lowest BCUT2D eigenvalue weighted by atomic mass is 10.0. The fourth-order valence-electron chi connectivity index (χ4n) is 0.870. The molecule has 0 saturated heterocycles. The predicted octanol–water partition coefficient (Wildman–Crippen LogP) is 2.06. The first-order valence-corrected chi connectivity index (χ1v) is 4.20. The van der Waals surface area contributed by atoms with Gasteiger partial charge in [0.1, 0.15) is 0 Å². The third kappa shape index (κ3) is 1.97. The molecule has 0 aliphatic rings. The van der Waals surface area contributed by atoms with Gasteiger partial charge in [0.05, 0.1) is 5.92 Å². The molecule has 4 heteroatoms. The van der Waals surface area contributed by atoms with Gasteiger partial charge in [-0.15, -0.1) is 0 Å². The van der Waals surface area contributed by atoms with Crippen molar-refractivity contribution in [3.8, 4) is 0 Å². The number of halogens is 2. The fraction of sp³-hybridized carbons (Fsp3) is 0.429. The van der Waals surface area contributed by atoms with Crippen molar-refractivity contribution in [3.63, 3.8) is 0 Å². The van der Waals surface area contributed by atoms with Crippen LogP contribution in [-0.4, -0.2) is 13.0 Å². The molecule has 0 amide bonds. The fourth-order valence-corrected chi connectivity index (χ4v) is 1.60. The first kappa shape index (κ1) is 8.62. The third-order valence-corrected chi connectivity index (χ3v) is 2.23. The second kappa shape index (κ2) is 3.78. The number of nitrogens with two attached hydrogens (primary N) is 1. The molecule has 0 aliphatic carbocycles. The highest BCUT2D eigenvalue weighted by Gasteiger charge is 2.20. The second-order valence-electron chi connectivity index (χ2n) is 2.23. The standard InChI is InChI=1S/C7H9F2NS/c8-7(9)6(3-10)5-1-2-11-4-5/h1-2,4,6-7H,3,10H2. The van der Waals surface area contributed by atoms with E-state index in [2.05, 4.69) is 0 Å². The maximum Gasteiger partial charge on any atom is 0.246 e. The van der Waals surface area contributed by atoms with Crippen LogP contribution in [0.5, 0.6) is 0 Å². The van der Waals surface area contributed by atoms with Crippen LogP contribution >= 0.6 is 11.3 Å². The Kier molecular flexibility index (Phi) is 2.96. The predicted molar refractivity (Wildman–Crippen MR) is 42.1 cm³/mol. The van der Waals surface area contributed by atoms with Crippen LogP contribution in [0, 0.1) is 0 Å². The Balaban J connectivity index is 2.71.